The van der Waals surface area contributed by atoms with Gasteiger partial charge in [-0.25, -0.2) is 4.98 Å². The number of Topliss-reactive ketones (excluding diaryl/α,β-unsaturated/α-hetero) is 1. The van der Waals surface area contributed by atoms with Crippen molar-refractivity contribution in [2.45, 2.75) is 6.61 Å². The quantitative estimate of drug-likeness (QED) is 0.686. The predicted octanol–water partition coefficient (Wildman–Crippen LogP) is 2.37. The number of halogens is 1. The highest BCUT2D eigenvalue weighted by atomic mass is 35.5. The number of nitrogens with zero attached hydrogens (tertiary/aromatic N) is 3. The fourth-order valence-electron chi connectivity index (χ4n) is 2.52. The Hall–Kier alpha value is -2.22. The molecular formula is C18H20ClN3O4. The number of methoxy groups -OCH3 is 1. The molecule has 0 radical (unpaired) electrons. The molecule has 0 atom stereocenters. The molecule has 3 rings (SSSR count). The predicted molar refractivity (Wildman–Crippen MR) is 97.1 cm³/mol. The van der Waals surface area contributed by atoms with Crippen LogP contribution in [0.4, 0.5) is 5.95 Å². The van der Waals surface area contributed by atoms with E-state index in [1.807, 2.05) is 4.90 Å². The molecule has 1 saturated heterocycles. The van der Waals surface area contributed by atoms with Crippen molar-refractivity contribution in [3.8, 4) is 5.88 Å². The Bertz CT molecular complexity index is 749. The van der Waals surface area contributed by atoms with E-state index in [0.29, 0.717) is 61.0 Å². The third-order valence-electron chi connectivity index (χ3n) is 3.85. The second kappa shape index (κ2) is 8.93. The lowest BCUT2D eigenvalue weighted by molar-refractivity contribution is 0.0917. The van der Waals surface area contributed by atoms with E-state index >= 15 is 0 Å². The van der Waals surface area contributed by atoms with Gasteiger partial charge >= 0.3 is 0 Å². The molecule has 2 aromatic rings. The van der Waals surface area contributed by atoms with E-state index in [1.54, 1.807) is 37.4 Å². The van der Waals surface area contributed by atoms with E-state index in [2.05, 4.69) is 9.97 Å². The van der Waals surface area contributed by atoms with Crippen molar-refractivity contribution in [3.05, 3.63) is 46.6 Å². The van der Waals surface area contributed by atoms with Gasteiger partial charge in [0, 0.05) is 36.9 Å². The number of anilines is 1. The molecule has 0 N–H and O–H groups in total. The Balaban J connectivity index is 1.72. The molecule has 1 aromatic heterocycles. The summed E-state index contributed by atoms with van der Waals surface area (Å²) in [5.41, 5.74) is 1.23. The van der Waals surface area contributed by atoms with Crippen LogP contribution in [0.3, 0.4) is 0 Å². The summed E-state index contributed by atoms with van der Waals surface area (Å²) in [6, 6.07) is 8.37. The number of ketones is 1. The number of hydrogen-bond acceptors (Lipinski definition) is 7. The van der Waals surface area contributed by atoms with Gasteiger partial charge in [0.15, 0.2) is 12.4 Å². The molecule has 0 bridgehead atoms. The zero-order chi connectivity index (χ0) is 18.4. The molecule has 2 heterocycles. The summed E-state index contributed by atoms with van der Waals surface area (Å²) in [4.78, 5) is 23.2. The van der Waals surface area contributed by atoms with Crippen LogP contribution in [0.15, 0.2) is 30.3 Å². The topological polar surface area (TPSA) is 73.8 Å². The zero-order valence-electron chi connectivity index (χ0n) is 14.5. The summed E-state index contributed by atoms with van der Waals surface area (Å²) >= 11 is 5.84. The average molecular weight is 378 g/mol. The molecular weight excluding hydrogens is 358 g/mol. The van der Waals surface area contributed by atoms with Gasteiger partial charge in [0.25, 0.3) is 0 Å². The number of rotatable bonds is 7. The Morgan fingerprint density at radius 2 is 1.96 bits per heavy atom. The smallest absolute Gasteiger partial charge is 0.229 e. The minimum Gasteiger partial charge on any atom is -0.469 e. The third-order valence-corrected chi connectivity index (χ3v) is 4.10. The van der Waals surface area contributed by atoms with Crippen LogP contribution in [0.1, 0.15) is 16.1 Å². The highest BCUT2D eigenvalue weighted by Gasteiger charge is 2.17. The Kier molecular flexibility index (Phi) is 6.38. The summed E-state index contributed by atoms with van der Waals surface area (Å²) in [6.07, 6.45) is 0. The first-order valence-electron chi connectivity index (χ1n) is 8.27. The van der Waals surface area contributed by atoms with Gasteiger partial charge in [0.05, 0.1) is 25.5 Å². The molecule has 1 aromatic carbocycles. The van der Waals surface area contributed by atoms with Crippen molar-refractivity contribution < 1.29 is 19.0 Å². The Morgan fingerprint density at radius 3 is 2.65 bits per heavy atom. The fraction of sp³-hybridized carbons (Fsp3) is 0.389. The lowest BCUT2D eigenvalue weighted by Crippen LogP contribution is -2.37. The summed E-state index contributed by atoms with van der Waals surface area (Å²) < 4.78 is 16.1. The van der Waals surface area contributed by atoms with Crippen molar-refractivity contribution in [3.63, 3.8) is 0 Å². The van der Waals surface area contributed by atoms with Crippen molar-refractivity contribution >= 4 is 23.3 Å². The minimum atomic E-state index is -0.151. The largest absolute Gasteiger partial charge is 0.469 e. The molecule has 0 saturated carbocycles. The van der Waals surface area contributed by atoms with Gasteiger partial charge < -0.3 is 19.1 Å². The molecule has 0 aliphatic carbocycles. The first-order chi connectivity index (χ1) is 12.7. The Labute approximate surface area is 156 Å². The van der Waals surface area contributed by atoms with E-state index < -0.39 is 0 Å². The van der Waals surface area contributed by atoms with Crippen LogP contribution in [0, 0.1) is 0 Å². The van der Waals surface area contributed by atoms with E-state index in [4.69, 9.17) is 25.8 Å². The van der Waals surface area contributed by atoms with Crippen molar-refractivity contribution in [2.24, 2.45) is 0 Å². The number of hydrogen-bond donors (Lipinski definition) is 0. The first-order valence-corrected chi connectivity index (χ1v) is 8.64. The van der Waals surface area contributed by atoms with Gasteiger partial charge in [-0.15, -0.1) is 0 Å². The second-order valence-corrected chi connectivity index (χ2v) is 6.19. The van der Waals surface area contributed by atoms with Crippen LogP contribution < -0.4 is 9.64 Å². The molecule has 0 spiro atoms. The average Bonchev–Trinajstić information content (AvgIpc) is 2.67. The van der Waals surface area contributed by atoms with Crippen LogP contribution >= 0.6 is 11.6 Å². The zero-order valence-corrected chi connectivity index (χ0v) is 15.2. The Morgan fingerprint density at radius 1 is 1.23 bits per heavy atom. The number of carbonyl (C=O) groups excluding carboxylic acids is 1. The number of morpholine rings is 1. The second-order valence-electron chi connectivity index (χ2n) is 5.75. The lowest BCUT2D eigenvalue weighted by atomic mass is 10.1. The van der Waals surface area contributed by atoms with E-state index in [9.17, 15) is 4.79 Å². The van der Waals surface area contributed by atoms with Crippen molar-refractivity contribution in [1.82, 2.24) is 9.97 Å². The maximum atomic E-state index is 12.3. The third kappa shape index (κ3) is 4.91. The van der Waals surface area contributed by atoms with Gasteiger partial charge in [0.1, 0.15) is 0 Å². The molecule has 8 heteroatoms. The summed E-state index contributed by atoms with van der Waals surface area (Å²) in [5.74, 6) is 0.745. The SMILES string of the molecule is COCc1cc(OCC(=O)c2ccc(Cl)cc2)nc(N2CCOCC2)n1. The van der Waals surface area contributed by atoms with E-state index in [1.165, 1.54) is 0 Å². The normalized spacial score (nSPS) is 14.3. The summed E-state index contributed by atoms with van der Waals surface area (Å²) in [7, 11) is 1.60. The highest BCUT2D eigenvalue weighted by Crippen LogP contribution is 2.18. The van der Waals surface area contributed by atoms with Gasteiger partial charge in [-0.3, -0.25) is 4.79 Å². The lowest BCUT2D eigenvalue weighted by Gasteiger charge is -2.27. The van der Waals surface area contributed by atoms with Crippen LogP contribution in [0.2, 0.25) is 5.02 Å². The maximum Gasteiger partial charge on any atom is 0.229 e. The fourth-order valence-corrected chi connectivity index (χ4v) is 2.64. The number of carbonyl (C=O) groups is 1. The molecule has 1 aliphatic heterocycles. The monoisotopic (exact) mass is 377 g/mol. The van der Waals surface area contributed by atoms with E-state index in [0.717, 1.165) is 0 Å². The standard InChI is InChI=1S/C18H20ClN3O4/c1-24-11-15-10-17(21-18(20-15)22-6-8-25-9-7-22)26-12-16(23)13-2-4-14(19)5-3-13/h2-5,10H,6-9,11-12H2,1H3. The first kappa shape index (κ1) is 18.6. The van der Waals surface area contributed by atoms with Crippen LogP contribution in [-0.2, 0) is 16.1 Å². The van der Waals surface area contributed by atoms with E-state index in [-0.39, 0.29) is 12.4 Å². The highest BCUT2D eigenvalue weighted by molar-refractivity contribution is 6.30. The number of ether oxygens (including phenoxy) is 3. The van der Waals surface area contributed by atoms with Crippen LogP contribution in [0.5, 0.6) is 5.88 Å². The summed E-state index contributed by atoms with van der Waals surface area (Å²) in [6.45, 7) is 2.89. The molecule has 1 fully saturated rings. The van der Waals surface area contributed by atoms with Crippen LogP contribution in [-0.4, -0.2) is 55.8 Å². The molecule has 7 nitrogen and oxygen atoms in total. The molecule has 0 unspecified atom stereocenters. The number of benzene rings is 1. The summed E-state index contributed by atoms with van der Waals surface area (Å²) in [5, 5.41) is 0.581. The number of aromatic nitrogens is 2. The molecule has 138 valence electrons. The minimum absolute atomic E-state index is 0.117. The van der Waals surface area contributed by atoms with Gasteiger partial charge in [-0.1, -0.05) is 11.6 Å². The van der Waals surface area contributed by atoms with Gasteiger partial charge in [-0.2, -0.15) is 4.98 Å². The maximum absolute atomic E-state index is 12.3. The van der Waals surface area contributed by atoms with Gasteiger partial charge in [0.2, 0.25) is 11.8 Å². The van der Waals surface area contributed by atoms with Crippen molar-refractivity contribution in [1.29, 1.82) is 0 Å². The van der Waals surface area contributed by atoms with Crippen LogP contribution in [0.25, 0.3) is 0 Å². The molecule has 0 amide bonds. The molecule has 26 heavy (non-hydrogen) atoms. The van der Waals surface area contributed by atoms with Crippen molar-refractivity contribution in [2.75, 3.05) is 44.9 Å². The molecule has 1 aliphatic rings. The van der Waals surface area contributed by atoms with Gasteiger partial charge in [-0.05, 0) is 24.3 Å².